The Balaban J connectivity index is 0.715. The number of carbonyl (C=O) groups excluding carboxylic acids is 3. The summed E-state index contributed by atoms with van der Waals surface area (Å²) >= 11 is 0. The van der Waals surface area contributed by atoms with E-state index in [2.05, 4.69) is 50.3 Å². The van der Waals surface area contributed by atoms with Crippen LogP contribution >= 0.6 is 0 Å². The predicted octanol–water partition coefficient (Wildman–Crippen LogP) is 6.74. The van der Waals surface area contributed by atoms with Crippen molar-refractivity contribution in [3.8, 4) is 17.2 Å². The van der Waals surface area contributed by atoms with Crippen LogP contribution in [-0.4, -0.2) is 97.7 Å². The van der Waals surface area contributed by atoms with Crippen LogP contribution in [0.1, 0.15) is 95.0 Å². The largest absolute Gasteiger partial charge is 0.508 e. The number of aryl methyl sites for hydroxylation is 1. The maximum absolute atomic E-state index is 16.5. The zero-order chi connectivity index (χ0) is 42.3. The molecule has 3 amide bonds. The number of piperazine rings is 1. The number of piperidine rings is 2. The van der Waals surface area contributed by atoms with Crippen molar-refractivity contribution in [3.63, 3.8) is 0 Å². The monoisotopic (exact) mass is 839 g/mol. The van der Waals surface area contributed by atoms with Crippen LogP contribution in [0.15, 0.2) is 72.8 Å². The topological polar surface area (TPSA) is 115 Å². The van der Waals surface area contributed by atoms with Gasteiger partial charge in [-0.1, -0.05) is 36.4 Å². The molecule has 2 N–H and O–H groups in total. The van der Waals surface area contributed by atoms with E-state index in [1.807, 2.05) is 30.3 Å². The van der Waals surface area contributed by atoms with Crippen LogP contribution in [0, 0.1) is 17.2 Å². The fourth-order valence-corrected chi connectivity index (χ4v) is 12.4. The minimum absolute atomic E-state index is 0.103. The van der Waals surface area contributed by atoms with Crippen LogP contribution in [0.25, 0.3) is 0 Å². The van der Waals surface area contributed by atoms with Gasteiger partial charge in [0.05, 0.1) is 24.5 Å². The molecule has 4 aromatic carbocycles. The number of phenolic OH excluding ortho intramolecular Hbond substituents is 1. The molecule has 0 aromatic heterocycles. The number of ether oxygens (including phenoxy) is 2. The molecule has 4 aromatic rings. The van der Waals surface area contributed by atoms with Gasteiger partial charge in [-0.25, -0.2) is 4.39 Å². The molecule has 4 atom stereocenters. The molecule has 0 radical (unpaired) electrons. The van der Waals surface area contributed by atoms with Crippen molar-refractivity contribution in [2.24, 2.45) is 11.3 Å². The van der Waals surface area contributed by atoms with Gasteiger partial charge in [0, 0.05) is 75.3 Å². The molecular weight excluding hydrogens is 786 g/mol. The second-order valence-electron chi connectivity index (χ2n) is 19.0. The second-order valence-corrected chi connectivity index (χ2v) is 19.0. The standard InChI is InChI=1S/C50H54FN5O6/c1-61-44-23-42(40(51)21-39(44)47-36(31-5-3-2-4-6-31)9-7-32-19-35(57)8-10-37(32)47)54-15-13-50(14-16-54)24-30(25-50)26-53-17-18-55-34(28-53)29-62-45-22-38-33(20-43(45)55)27-56(49(38)60)41-11-12-46(58)52-48(41)59/h2-6,8,10,19-23,30,34,36,41,47,57H,7,9,11-18,24-29H2,1H3,(H,52,58,59)/t34-,36+,41?,47-/m0/s1. The molecule has 0 bridgehead atoms. The van der Waals surface area contributed by atoms with E-state index in [-0.39, 0.29) is 47.7 Å². The van der Waals surface area contributed by atoms with Gasteiger partial charge in [-0.05, 0) is 115 Å². The number of hydrogen-bond donors (Lipinski definition) is 2. The molecule has 62 heavy (non-hydrogen) atoms. The molecular formula is C50H54FN5O6. The highest BCUT2D eigenvalue weighted by Crippen LogP contribution is 2.55. The van der Waals surface area contributed by atoms with Crippen LogP contribution in [0.4, 0.5) is 15.8 Å². The Morgan fingerprint density at radius 1 is 0.871 bits per heavy atom. The fraction of sp³-hybridized carbons (Fsp3) is 0.460. The molecule has 322 valence electrons. The van der Waals surface area contributed by atoms with E-state index in [1.165, 1.54) is 18.4 Å². The molecule has 12 heteroatoms. The number of methoxy groups -OCH3 is 1. The van der Waals surface area contributed by atoms with Crippen molar-refractivity contribution in [1.82, 2.24) is 15.1 Å². The van der Waals surface area contributed by atoms with Crippen molar-refractivity contribution in [2.75, 3.05) is 62.8 Å². The highest BCUT2D eigenvalue weighted by atomic mass is 19.1. The van der Waals surface area contributed by atoms with Crippen molar-refractivity contribution >= 4 is 29.1 Å². The number of nitrogens with zero attached hydrogens (tertiary/aromatic N) is 4. The molecule has 11 nitrogen and oxygen atoms in total. The van der Waals surface area contributed by atoms with Crippen LogP contribution in [-0.2, 0) is 22.6 Å². The summed E-state index contributed by atoms with van der Waals surface area (Å²) in [6.07, 6.45) is 6.84. The lowest BCUT2D eigenvalue weighted by atomic mass is 9.57. The first-order valence-corrected chi connectivity index (χ1v) is 22.6. The summed E-state index contributed by atoms with van der Waals surface area (Å²) in [4.78, 5) is 46.6. The number of hydrogen-bond acceptors (Lipinski definition) is 9. The maximum atomic E-state index is 16.5. The van der Waals surface area contributed by atoms with E-state index in [1.54, 1.807) is 24.1 Å². The Hall–Kier alpha value is -5.62. The SMILES string of the molecule is COc1cc(N2CCC3(CC2)CC(CN2CCN4c5cc6c(cc5OC[C@@H]4C2)C(=O)N(C2CCC(=O)NC2=O)C6)C3)c(F)cc1[C@@H]1c2ccc(O)cc2CC[C@@H]1c1ccccc1. The van der Waals surface area contributed by atoms with E-state index in [9.17, 15) is 19.5 Å². The molecule has 5 heterocycles. The van der Waals surface area contributed by atoms with E-state index in [4.69, 9.17) is 9.47 Å². The normalized spacial score (nSPS) is 25.6. The van der Waals surface area contributed by atoms with Crippen molar-refractivity contribution < 1.29 is 33.4 Å². The van der Waals surface area contributed by atoms with Gasteiger partial charge in [-0.3, -0.25) is 24.6 Å². The summed E-state index contributed by atoms with van der Waals surface area (Å²) in [7, 11) is 1.69. The molecule has 7 aliphatic rings. The summed E-state index contributed by atoms with van der Waals surface area (Å²) < 4.78 is 28.9. The van der Waals surface area contributed by atoms with Crippen LogP contribution in [0.5, 0.6) is 17.2 Å². The third-order valence-corrected chi connectivity index (χ3v) is 15.5. The minimum Gasteiger partial charge on any atom is -0.508 e. The smallest absolute Gasteiger partial charge is 0.255 e. The van der Waals surface area contributed by atoms with Gasteiger partial charge in [0.25, 0.3) is 5.91 Å². The van der Waals surface area contributed by atoms with Gasteiger partial charge in [-0.15, -0.1) is 0 Å². The van der Waals surface area contributed by atoms with E-state index < -0.39 is 11.9 Å². The molecule has 5 aliphatic heterocycles. The molecule has 4 fully saturated rings. The van der Waals surface area contributed by atoms with Gasteiger partial charge in [0.2, 0.25) is 11.8 Å². The third kappa shape index (κ3) is 6.76. The van der Waals surface area contributed by atoms with E-state index in [0.29, 0.717) is 47.9 Å². The van der Waals surface area contributed by atoms with Crippen molar-refractivity contribution in [1.29, 1.82) is 0 Å². The Bertz CT molecular complexity index is 2450. The van der Waals surface area contributed by atoms with Crippen LogP contribution in [0.2, 0.25) is 0 Å². The predicted molar refractivity (Wildman–Crippen MR) is 233 cm³/mol. The number of benzene rings is 4. The van der Waals surface area contributed by atoms with Gasteiger partial charge < -0.3 is 29.3 Å². The van der Waals surface area contributed by atoms with Gasteiger partial charge in [0.15, 0.2) is 0 Å². The van der Waals surface area contributed by atoms with Crippen LogP contribution in [0.3, 0.4) is 0 Å². The highest BCUT2D eigenvalue weighted by molar-refractivity contribution is 6.06. The third-order valence-electron chi connectivity index (χ3n) is 15.5. The zero-order valence-corrected chi connectivity index (χ0v) is 35.3. The van der Waals surface area contributed by atoms with E-state index in [0.717, 1.165) is 98.6 Å². The van der Waals surface area contributed by atoms with Crippen molar-refractivity contribution in [3.05, 3.63) is 112 Å². The van der Waals surface area contributed by atoms with Crippen molar-refractivity contribution in [2.45, 2.75) is 81.8 Å². The Labute approximate surface area is 361 Å². The van der Waals surface area contributed by atoms with Crippen LogP contribution < -0.4 is 24.6 Å². The summed E-state index contributed by atoms with van der Waals surface area (Å²) in [6.45, 7) is 6.40. The molecule has 1 saturated carbocycles. The number of imide groups is 1. The second kappa shape index (κ2) is 15.3. The number of phenols is 1. The molecule has 3 saturated heterocycles. The number of amides is 3. The first kappa shape index (κ1) is 39.2. The lowest BCUT2D eigenvalue weighted by Crippen LogP contribution is -2.59. The zero-order valence-electron chi connectivity index (χ0n) is 35.3. The number of anilines is 2. The molecule has 1 spiro atoms. The number of fused-ring (bicyclic) bond motifs is 5. The number of nitrogens with one attached hydrogen (secondary N) is 1. The Kier molecular flexibility index (Phi) is 9.70. The number of halogens is 1. The molecule has 2 aliphatic carbocycles. The molecule has 1 unspecified atom stereocenters. The Morgan fingerprint density at radius 2 is 1.69 bits per heavy atom. The fourth-order valence-electron chi connectivity index (χ4n) is 12.4. The summed E-state index contributed by atoms with van der Waals surface area (Å²) in [5.74, 6) is 1.31. The average Bonchev–Trinajstić information content (AvgIpc) is 3.59. The lowest BCUT2D eigenvalue weighted by Gasteiger charge is -2.54. The summed E-state index contributed by atoms with van der Waals surface area (Å²) in [6, 6.07) is 23.3. The maximum Gasteiger partial charge on any atom is 0.255 e. The first-order chi connectivity index (χ1) is 30.1. The first-order valence-electron chi connectivity index (χ1n) is 22.6. The Morgan fingerprint density at radius 3 is 2.48 bits per heavy atom. The quantitative estimate of drug-likeness (QED) is 0.196. The summed E-state index contributed by atoms with van der Waals surface area (Å²) in [5.41, 5.74) is 7.75. The van der Waals surface area contributed by atoms with E-state index >= 15 is 4.39 Å². The minimum atomic E-state index is -0.636. The number of carbonyl (C=O) groups is 3. The number of aromatic hydroxyl groups is 1. The average molecular weight is 840 g/mol. The lowest BCUT2D eigenvalue weighted by molar-refractivity contribution is -0.136. The van der Waals surface area contributed by atoms with Gasteiger partial charge in [0.1, 0.15) is 35.7 Å². The number of rotatable bonds is 7. The van der Waals surface area contributed by atoms with Gasteiger partial charge >= 0.3 is 0 Å². The highest BCUT2D eigenvalue weighted by Gasteiger charge is 2.48. The molecule has 11 rings (SSSR count). The summed E-state index contributed by atoms with van der Waals surface area (Å²) in [5, 5.41) is 12.7. The van der Waals surface area contributed by atoms with Gasteiger partial charge in [-0.2, -0.15) is 0 Å².